The van der Waals surface area contributed by atoms with Crippen LogP contribution < -0.4 is 10.2 Å². The minimum Gasteiger partial charge on any atom is -0.368 e. The quantitative estimate of drug-likeness (QED) is 0.794. The van der Waals surface area contributed by atoms with Gasteiger partial charge in [-0.1, -0.05) is 13.0 Å². The Morgan fingerprint density at radius 3 is 2.63 bits per heavy atom. The van der Waals surface area contributed by atoms with E-state index in [1.54, 1.807) is 0 Å². The monoisotopic (exact) mass is 324 g/mol. The Morgan fingerprint density at radius 1 is 1.37 bits per heavy atom. The number of nitrogens with zero attached hydrogens (tertiary/aromatic N) is 1. The third-order valence-electron chi connectivity index (χ3n) is 3.81. The maximum Gasteiger partial charge on any atom is 0.0513 e. The van der Waals surface area contributed by atoms with Gasteiger partial charge in [-0.25, -0.2) is 0 Å². The fourth-order valence-electron chi connectivity index (χ4n) is 2.52. The molecule has 1 aromatic rings. The van der Waals surface area contributed by atoms with Gasteiger partial charge in [-0.15, -0.1) is 0 Å². The lowest BCUT2D eigenvalue weighted by Gasteiger charge is -2.25. The van der Waals surface area contributed by atoms with Crippen LogP contribution in [-0.4, -0.2) is 19.1 Å². The standard InChI is InChI=1S/C16H25BrN2/c1-4-10-18-12(3)13-6-9-16(15(17)11-13)19(5-2)14-7-8-14/h6,9,11-12,14,18H,4-5,7-8,10H2,1-3H3. The van der Waals surface area contributed by atoms with Crippen LogP contribution in [0.5, 0.6) is 0 Å². The SMILES string of the molecule is CCCNC(C)c1ccc(N(CC)C2CC2)c(Br)c1. The predicted octanol–water partition coefficient (Wildman–Crippen LogP) is 4.50. The molecule has 0 spiro atoms. The number of benzene rings is 1. The normalized spacial score (nSPS) is 16.4. The zero-order chi connectivity index (χ0) is 13.8. The Morgan fingerprint density at radius 2 is 2.11 bits per heavy atom. The van der Waals surface area contributed by atoms with Crippen molar-refractivity contribution in [2.45, 2.75) is 52.1 Å². The van der Waals surface area contributed by atoms with E-state index in [1.807, 2.05) is 0 Å². The van der Waals surface area contributed by atoms with Gasteiger partial charge in [0, 0.05) is 23.1 Å². The summed E-state index contributed by atoms with van der Waals surface area (Å²) in [5.74, 6) is 0. The van der Waals surface area contributed by atoms with Gasteiger partial charge in [0.2, 0.25) is 0 Å². The zero-order valence-electron chi connectivity index (χ0n) is 12.2. The highest BCUT2D eigenvalue weighted by Gasteiger charge is 2.29. The molecule has 1 aromatic carbocycles. The average molecular weight is 325 g/mol. The Labute approximate surface area is 125 Å². The van der Waals surface area contributed by atoms with Crippen LogP contribution >= 0.6 is 15.9 Å². The summed E-state index contributed by atoms with van der Waals surface area (Å²) in [7, 11) is 0. The van der Waals surface area contributed by atoms with Crippen molar-refractivity contribution < 1.29 is 0 Å². The first kappa shape index (κ1) is 14.9. The van der Waals surface area contributed by atoms with Crippen LogP contribution in [0, 0.1) is 0 Å². The summed E-state index contributed by atoms with van der Waals surface area (Å²) in [4.78, 5) is 2.51. The molecule has 2 nitrogen and oxygen atoms in total. The number of hydrogen-bond acceptors (Lipinski definition) is 2. The second-order valence-electron chi connectivity index (χ2n) is 5.40. The van der Waals surface area contributed by atoms with Gasteiger partial charge in [0.05, 0.1) is 5.69 Å². The van der Waals surface area contributed by atoms with Gasteiger partial charge in [0.15, 0.2) is 0 Å². The molecule has 106 valence electrons. The van der Waals surface area contributed by atoms with E-state index in [0.717, 1.165) is 19.1 Å². The first-order valence-electron chi connectivity index (χ1n) is 7.46. The van der Waals surface area contributed by atoms with Gasteiger partial charge in [-0.2, -0.15) is 0 Å². The summed E-state index contributed by atoms with van der Waals surface area (Å²) in [6.45, 7) is 8.84. The molecule has 0 amide bonds. The Hall–Kier alpha value is -0.540. The highest BCUT2D eigenvalue weighted by molar-refractivity contribution is 9.10. The van der Waals surface area contributed by atoms with Crippen LogP contribution in [0.2, 0.25) is 0 Å². The lowest BCUT2D eigenvalue weighted by Crippen LogP contribution is -2.25. The Bertz CT molecular complexity index is 415. The molecule has 0 saturated heterocycles. The molecule has 1 N–H and O–H groups in total. The van der Waals surface area contributed by atoms with Crippen molar-refractivity contribution in [3.63, 3.8) is 0 Å². The molecule has 0 radical (unpaired) electrons. The van der Waals surface area contributed by atoms with Crippen molar-refractivity contribution in [3.05, 3.63) is 28.2 Å². The summed E-state index contributed by atoms with van der Waals surface area (Å²) >= 11 is 3.75. The molecule has 19 heavy (non-hydrogen) atoms. The fraction of sp³-hybridized carbons (Fsp3) is 0.625. The molecule has 1 aliphatic carbocycles. The summed E-state index contributed by atoms with van der Waals surface area (Å²) < 4.78 is 1.23. The zero-order valence-corrected chi connectivity index (χ0v) is 13.8. The fourth-order valence-corrected chi connectivity index (χ4v) is 3.14. The Kier molecular flexibility index (Phi) is 5.28. The molecular weight excluding hydrogens is 300 g/mol. The van der Waals surface area contributed by atoms with Gasteiger partial charge < -0.3 is 10.2 Å². The van der Waals surface area contributed by atoms with Crippen LogP contribution in [0.4, 0.5) is 5.69 Å². The number of halogens is 1. The summed E-state index contributed by atoms with van der Waals surface area (Å²) in [5, 5.41) is 3.54. The second-order valence-corrected chi connectivity index (χ2v) is 6.26. The molecular formula is C16H25BrN2. The smallest absolute Gasteiger partial charge is 0.0513 e. The summed E-state index contributed by atoms with van der Waals surface area (Å²) in [5.41, 5.74) is 2.70. The predicted molar refractivity (Wildman–Crippen MR) is 86.9 cm³/mol. The minimum absolute atomic E-state index is 0.418. The van der Waals surface area contributed by atoms with Crippen molar-refractivity contribution >= 4 is 21.6 Å². The van der Waals surface area contributed by atoms with E-state index in [2.05, 4.69) is 65.1 Å². The maximum absolute atomic E-state index is 3.75. The van der Waals surface area contributed by atoms with Crippen molar-refractivity contribution in [3.8, 4) is 0 Å². The molecule has 0 aliphatic heterocycles. The van der Waals surface area contributed by atoms with Crippen LogP contribution in [0.1, 0.15) is 51.6 Å². The van der Waals surface area contributed by atoms with E-state index in [-0.39, 0.29) is 0 Å². The number of anilines is 1. The van der Waals surface area contributed by atoms with E-state index >= 15 is 0 Å². The van der Waals surface area contributed by atoms with Crippen molar-refractivity contribution in [1.29, 1.82) is 0 Å². The van der Waals surface area contributed by atoms with E-state index in [0.29, 0.717) is 6.04 Å². The van der Waals surface area contributed by atoms with Crippen molar-refractivity contribution in [1.82, 2.24) is 5.32 Å². The van der Waals surface area contributed by atoms with E-state index < -0.39 is 0 Å². The first-order chi connectivity index (χ1) is 9.17. The van der Waals surface area contributed by atoms with E-state index in [1.165, 1.54) is 35.0 Å². The minimum atomic E-state index is 0.418. The van der Waals surface area contributed by atoms with Gasteiger partial charge in [0.1, 0.15) is 0 Å². The van der Waals surface area contributed by atoms with Gasteiger partial charge in [0.25, 0.3) is 0 Å². The molecule has 1 fully saturated rings. The van der Waals surface area contributed by atoms with Crippen molar-refractivity contribution in [2.24, 2.45) is 0 Å². The molecule has 1 atom stereocenters. The van der Waals surface area contributed by atoms with E-state index in [9.17, 15) is 0 Å². The number of hydrogen-bond donors (Lipinski definition) is 1. The van der Waals surface area contributed by atoms with Crippen LogP contribution in [-0.2, 0) is 0 Å². The van der Waals surface area contributed by atoms with E-state index in [4.69, 9.17) is 0 Å². The summed E-state index contributed by atoms with van der Waals surface area (Å²) in [6, 6.07) is 7.99. The van der Waals surface area contributed by atoms with Gasteiger partial charge in [-0.05, 0) is 73.3 Å². The molecule has 0 bridgehead atoms. The number of nitrogens with one attached hydrogen (secondary N) is 1. The third-order valence-corrected chi connectivity index (χ3v) is 4.45. The van der Waals surface area contributed by atoms with Gasteiger partial charge >= 0.3 is 0 Å². The first-order valence-corrected chi connectivity index (χ1v) is 8.26. The van der Waals surface area contributed by atoms with Gasteiger partial charge in [-0.3, -0.25) is 0 Å². The Balaban J connectivity index is 2.11. The highest BCUT2D eigenvalue weighted by Crippen LogP contribution is 2.36. The second kappa shape index (κ2) is 6.76. The van der Waals surface area contributed by atoms with Crippen molar-refractivity contribution in [2.75, 3.05) is 18.0 Å². The lowest BCUT2D eigenvalue weighted by atomic mass is 10.1. The number of rotatable bonds is 7. The largest absolute Gasteiger partial charge is 0.368 e. The van der Waals surface area contributed by atoms with Crippen LogP contribution in [0.25, 0.3) is 0 Å². The average Bonchev–Trinajstić information content (AvgIpc) is 3.23. The third kappa shape index (κ3) is 3.73. The van der Waals surface area contributed by atoms with Crippen LogP contribution in [0.15, 0.2) is 22.7 Å². The lowest BCUT2D eigenvalue weighted by molar-refractivity contribution is 0.570. The molecule has 0 heterocycles. The summed E-state index contributed by atoms with van der Waals surface area (Å²) in [6.07, 6.45) is 3.86. The molecule has 0 aromatic heterocycles. The van der Waals surface area contributed by atoms with Crippen LogP contribution in [0.3, 0.4) is 0 Å². The molecule has 1 unspecified atom stereocenters. The highest BCUT2D eigenvalue weighted by atomic mass is 79.9. The molecule has 3 heteroatoms. The molecule has 2 rings (SSSR count). The molecule has 1 aliphatic rings. The maximum atomic E-state index is 3.75. The topological polar surface area (TPSA) is 15.3 Å². The molecule has 1 saturated carbocycles.